The second-order valence-electron chi connectivity index (χ2n) is 4.73. The van der Waals surface area contributed by atoms with Crippen molar-refractivity contribution in [2.45, 2.75) is 19.3 Å². The van der Waals surface area contributed by atoms with Gasteiger partial charge in [-0.25, -0.2) is 4.98 Å². The highest BCUT2D eigenvalue weighted by atomic mass is 32.2. The van der Waals surface area contributed by atoms with Gasteiger partial charge >= 0.3 is 5.97 Å². The van der Waals surface area contributed by atoms with Gasteiger partial charge in [0.1, 0.15) is 5.41 Å². The SMILES string of the molecule is COC(=O)C(C)(C)c1csc(N2CCSCC2)n1. The fourth-order valence-corrected chi connectivity index (χ4v) is 3.76. The van der Waals surface area contributed by atoms with E-state index in [4.69, 9.17) is 4.74 Å². The number of methoxy groups -OCH3 is 1. The number of thioether (sulfide) groups is 1. The molecule has 0 radical (unpaired) electrons. The van der Waals surface area contributed by atoms with Crippen molar-refractivity contribution >= 4 is 34.2 Å². The molecule has 1 aliphatic heterocycles. The number of hydrogen-bond acceptors (Lipinski definition) is 6. The van der Waals surface area contributed by atoms with Crippen LogP contribution >= 0.6 is 23.1 Å². The normalized spacial score (nSPS) is 16.7. The monoisotopic (exact) mass is 286 g/mol. The van der Waals surface area contributed by atoms with Crippen LogP contribution in [0.3, 0.4) is 0 Å². The first-order valence-corrected chi connectivity index (χ1v) is 7.96. The van der Waals surface area contributed by atoms with Crippen molar-refractivity contribution in [1.29, 1.82) is 0 Å². The zero-order valence-electron chi connectivity index (χ0n) is 10.9. The maximum atomic E-state index is 11.7. The van der Waals surface area contributed by atoms with Crippen molar-refractivity contribution in [3.05, 3.63) is 11.1 Å². The molecule has 0 N–H and O–H groups in total. The number of anilines is 1. The second-order valence-corrected chi connectivity index (χ2v) is 6.79. The van der Waals surface area contributed by atoms with Crippen LogP contribution in [0.25, 0.3) is 0 Å². The van der Waals surface area contributed by atoms with E-state index in [-0.39, 0.29) is 5.97 Å². The van der Waals surface area contributed by atoms with Crippen LogP contribution in [0.5, 0.6) is 0 Å². The molecule has 0 atom stereocenters. The van der Waals surface area contributed by atoms with Gasteiger partial charge < -0.3 is 9.64 Å². The fraction of sp³-hybridized carbons (Fsp3) is 0.667. The van der Waals surface area contributed by atoms with Crippen LogP contribution in [0.4, 0.5) is 5.13 Å². The van der Waals surface area contributed by atoms with Crippen LogP contribution in [0.15, 0.2) is 5.38 Å². The molecular weight excluding hydrogens is 268 g/mol. The second kappa shape index (κ2) is 5.48. The Bertz CT molecular complexity index is 425. The molecule has 2 rings (SSSR count). The summed E-state index contributed by atoms with van der Waals surface area (Å²) in [5.74, 6) is 2.05. The number of thiazole rings is 1. The van der Waals surface area contributed by atoms with Crippen molar-refractivity contribution in [3.63, 3.8) is 0 Å². The lowest BCUT2D eigenvalue weighted by Crippen LogP contribution is -2.33. The molecule has 1 aliphatic rings. The quantitative estimate of drug-likeness (QED) is 0.797. The molecule has 1 fully saturated rings. The van der Waals surface area contributed by atoms with Crippen molar-refractivity contribution in [1.82, 2.24) is 4.98 Å². The van der Waals surface area contributed by atoms with Gasteiger partial charge in [-0.2, -0.15) is 11.8 Å². The van der Waals surface area contributed by atoms with Crippen LogP contribution in [0.2, 0.25) is 0 Å². The first-order chi connectivity index (χ1) is 8.55. The zero-order chi connectivity index (χ0) is 13.2. The molecule has 18 heavy (non-hydrogen) atoms. The summed E-state index contributed by atoms with van der Waals surface area (Å²) in [5.41, 5.74) is 0.126. The smallest absolute Gasteiger partial charge is 0.317 e. The predicted octanol–water partition coefficient (Wildman–Crippen LogP) is 2.15. The van der Waals surface area contributed by atoms with Gasteiger partial charge in [0.2, 0.25) is 0 Å². The summed E-state index contributed by atoms with van der Waals surface area (Å²) in [4.78, 5) is 18.6. The number of carbonyl (C=O) groups is 1. The number of aromatic nitrogens is 1. The number of carbonyl (C=O) groups excluding carboxylic acids is 1. The van der Waals surface area contributed by atoms with E-state index in [0.717, 1.165) is 35.4 Å². The Morgan fingerprint density at radius 1 is 1.44 bits per heavy atom. The average molecular weight is 286 g/mol. The minimum absolute atomic E-state index is 0.242. The van der Waals surface area contributed by atoms with Crippen molar-refractivity contribution < 1.29 is 9.53 Å². The predicted molar refractivity (Wildman–Crippen MR) is 76.7 cm³/mol. The lowest BCUT2D eigenvalue weighted by atomic mass is 9.90. The van der Waals surface area contributed by atoms with Crippen molar-refractivity contribution in [2.75, 3.05) is 36.6 Å². The van der Waals surface area contributed by atoms with E-state index in [0.29, 0.717) is 0 Å². The highest BCUT2D eigenvalue weighted by Crippen LogP contribution is 2.30. The molecule has 0 spiro atoms. The molecular formula is C12H18N2O2S2. The van der Waals surface area contributed by atoms with Gasteiger partial charge in [-0.05, 0) is 13.8 Å². The maximum absolute atomic E-state index is 11.7. The molecule has 0 amide bonds. The number of esters is 1. The minimum Gasteiger partial charge on any atom is -0.468 e. The molecule has 1 aromatic rings. The summed E-state index contributed by atoms with van der Waals surface area (Å²) in [6.07, 6.45) is 0. The van der Waals surface area contributed by atoms with E-state index >= 15 is 0 Å². The summed E-state index contributed by atoms with van der Waals surface area (Å²) < 4.78 is 4.83. The fourth-order valence-electron chi connectivity index (χ4n) is 1.81. The van der Waals surface area contributed by atoms with E-state index in [1.807, 2.05) is 31.0 Å². The first-order valence-electron chi connectivity index (χ1n) is 5.93. The molecule has 1 saturated heterocycles. The molecule has 6 heteroatoms. The summed E-state index contributed by atoms with van der Waals surface area (Å²) in [5, 5.41) is 2.98. The Balaban J connectivity index is 2.16. The number of ether oxygens (including phenoxy) is 1. The van der Waals surface area contributed by atoms with Gasteiger partial charge in [0.05, 0.1) is 12.8 Å². The average Bonchev–Trinajstić information content (AvgIpc) is 2.89. The molecule has 0 aromatic carbocycles. The minimum atomic E-state index is -0.673. The van der Waals surface area contributed by atoms with E-state index in [1.54, 1.807) is 11.3 Å². The molecule has 1 aromatic heterocycles. The van der Waals surface area contributed by atoms with Crippen LogP contribution < -0.4 is 4.90 Å². The third kappa shape index (κ3) is 2.64. The topological polar surface area (TPSA) is 42.4 Å². The van der Waals surface area contributed by atoms with E-state index in [2.05, 4.69) is 9.88 Å². The van der Waals surface area contributed by atoms with Gasteiger partial charge in [0.25, 0.3) is 0 Å². The van der Waals surface area contributed by atoms with E-state index < -0.39 is 5.41 Å². The molecule has 0 bridgehead atoms. The van der Waals surface area contributed by atoms with Crippen LogP contribution in [-0.2, 0) is 14.9 Å². The van der Waals surface area contributed by atoms with Crippen molar-refractivity contribution in [3.8, 4) is 0 Å². The molecule has 100 valence electrons. The highest BCUT2D eigenvalue weighted by Gasteiger charge is 2.34. The van der Waals surface area contributed by atoms with E-state index in [1.165, 1.54) is 7.11 Å². The Morgan fingerprint density at radius 2 is 2.11 bits per heavy atom. The largest absolute Gasteiger partial charge is 0.468 e. The van der Waals surface area contributed by atoms with Gasteiger partial charge in [0, 0.05) is 30.0 Å². The van der Waals surface area contributed by atoms with Crippen LogP contribution in [-0.4, -0.2) is 42.7 Å². The lowest BCUT2D eigenvalue weighted by Gasteiger charge is -2.26. The Hall–Kier alpha value is -0.750. The number of rotatable bonds is 3. The lowest BCUT2D eigenvalue weighted by molar-refractivity contribution is -0.146. The molecule has 0 saturated carbocycles. The number of hydrogen-bond donors (Lipinski definition) is 0. The summed E-state index contributed by atoms with van der Waals surface area (Å²) >= 11 is 3.58. The maximum Gasteiger partial charge on any atom is 0.317 e. The van der Waals surface area contributed by atoms with Crippen molar-refractivity contribution in [2.24, 2.45) is 0 Å². The summed E-state index contributed by atoms with van der Waals surface area (Å²) in [6, 6.07) is 0. The molecule has 2 heterocycles. The number of nitrogens with zero attached hydrogens (tertiary/aromatic N) is 2. The highest BCUT2D eigenvalue weighted by molar-refractivity contribution is 7.99. The van der Waals surface area contributed by atoms with Gasteiger partial charge in [0.15, 0.2) is 5.13 Å². The third-order valence-corrected chi connectivity index (χ3v) is 4.95. The Labute approximate surface area is 116 Å². The van der Waals surface area contributed by atoms with Crippen LogP contribution in [0.1, 0.15) is 19.5 Å². The van der Waals surface area contributed by atoms with Gasteiger partial charge in [-0.1, -0.05) is 0 Å². The Kier molecular flexibility index (Phi) is 4.17. The van der Waals surface area contributed by atoms with E-state index in [9.17, 15) is 4.79 Å². The van der Waals surface area contributed by atoms with Gasteiger partial charge in [-0.15, -0.1) is 11.3 Å². The zero-order valence-corrected chi connectivity index (χ0v) is 12.6. The summed E-state index contributed by atoms with van der Waals surface area (Å²) in [7, 11) is 1.42. The third-order valence-electron chi connectivity index (χ3n) is 3.11. The molecule has 4 nitrogen and oxygen atoms in total. The molecule has 0 unspecified atom stereocenters. The summed E-state index contributed by atoms with van der Waals surface area (Å²) in [6.45, 7) is 5.78. The van der Waals surface area contributed by atoms with Crippen LogP contribution in [0, 0.1) is 0 Å². The Morgan fingerprint density at radius 3 is 2.72 bits per heavy atom. The van der Waals surface area contributed by atoms with Gasteiger partial charge in [-0.3, -0.25) is 4.79 Å². The standard InChI is InChI=1S/C12H18N2O2S2/c1-12(2,10(15)16-3)9-8-18-11(13-9)14-4-6-17-7-5-14/h8H,4-7H2,1-3H3. The molecule has 0 aliphatic carbocycles. The first kappa shape index (κ1) is 13.7.